The topological polar surface area (TPSA) is 93.3 Å². The smallest absolute Gasteiger partial charge is 0.354 e. The third-order valence-corrected chi connectivity index (χ3v) is 3.57. The van der Waals surface area contributed by atoms with Crippen LogP contribution >= 0.6 is 11.8 Å². The van der Waals surface area contributed by atoms with Crippen LogP contribution in [0.2, 0.25) is 0 Å². The van der Waals surface area contributed by atoms with Crippen molar-refractivity contribution < 1.29 is 14.8 Å². The number of carboxylic acid groups (broad SMARTS) is 1. The summed E-state index contributed by atoms with van der Waals surface area (Å²) in [6.07, 6.45) is 1.45. The minimum absolute atomic E-state index is 0.00120. The van der Waals surface area contributed by atoms with Crippen LogP contribution in [0.3, 0.4) is 0 Å². The summed E-state index contributed by atoms with van der Waals surface area (Å²) >= 11 is 1.45. The van der Waals surface area contributed by atoms with E-state index in [-0.39, 0.29) is 11.4 Å². The molecule has 1 aromatic carbocycles. The van der Waals surface area contributed by atoms with Gasteiger partial charge in [0.15, 0.2) is 0 Å². The van der Waals surface area contributed by atoms with Crippen molar-refractivity contribution in [3.8, 4) is 0 Å². The van der Waals surface area contributed by atoms with Crippen LogP contribution in [0.5, 0.6) is 0 Å². The minimum atomic E-state index is -1.07. The molecule has 0 unspecified atom stereocenters. The van der Waals surface area contributed by atoms with Gasteiger partial charge in [-0.15, -0.1) is 11.8 Å². The maximum absolute atomic E-state index is 10.8. The second-order valence-electron chi connectivity index (χ2n) is 3.89. The SMILES string of the molecule is O=C(O)c1cc(SCc2ccc([N+](=O)[O-])cc2)ccn1. The molecule has 7 heteroatoms. The first-order valence-corrected chi connectivity index (χ1v) is 6.60. The Labute approximate surface area is 118 Å². The predicted molar refractivity (Wildman–Crippen MR) is 73.9 cm³/mol. The molecule has 0 saturated carbocycles. The van der Waals surface area contributed by atoms with E-state index < -0.39 is 10.9 Å². The molecule has 1 N–H and O–H groups in total. The molecule has 1 heterocycles. The molecule has 1 aromatic heterocycles. The molecule has 2 aromatic rings. The molecule has 0 saturated heterocycles. The van der Waals surface area contributed by atoms with Crippen molar-refractivity contribution >= 4 is 23.4 Å². The largest absolute Gasteiger partial charge is 0.477 e. The summed E-state index contributed by atoms with van der Waals surface area (Å²) in [7, 11) is 0. The van der Waals surface area contributed by atoms with E-state index in [0.29, 0.717) is 5.75 Å². The Morgan fingerprint density at radius 1 is 1.30 bits per heavy atom. The molecule has 0 aliphatic heterocycles. The summed E-state index contributed by atoms with van der Waals surface area (Å²) in [5.74, 6) is -0.469. The van der Waals surface area contributed by atoms with Crippen molar-refractivity contribution in [3.05, 3.63) is 64.0 Å². The van der Waals surface area contributed by atoms with Crippen molar-refractivity contribution in [2.75, 3.05) is 0 Å². The van der Waals surface area contributed by atoms with E-state index in [1.54, 1.807) is 18.2 Å². The first-order valence-electron chi connectivity index (χ1n) is 5.62. The van der Waals surface area contributed by atoms with Crippen LogP contribution in [0.25, 0.3) is 0 Å². The molecule has 2 rings (SSSR count). The fourth-order valence-electron chi connectivity index (χ4n) is 1.50. The molecule has 0 bridgehead atoms. The molecule has 0 spiro atoms. The van der Waals surface area contributed by atoms with Gasteiger partial charge in [-0.3, -0.25) is 10.1 Å². The Kier molecular flexibility index (Phi) is 4.31. The molecule has 0 aliphatic carbocycles. The Balaban J connectivity index is 2.03. The van der Waals surface area contributed by atoms with Gasteiger partial charge in [0.2, 0.25) is 0 Å². The number of nitrogens with zero attached hydrogens (tertiary/aromatic N) is 2. The molecule has 20 heavy (non-hydrogen) atoms. The molecule has 6 nitrogen and oxygen atoms in total. The molecule has 0 radical (unpaired) electrons. The number of nitro benzene ring substituents is 1. The van der Waals surface area contributed by atoms with E-state index in [4.69, 9.17) is 5.11 Å². The number of aromatic carboxylic acids is 1. The van der Waals surface area contributed by atoms with Gasteiger partial charge in [0.05, 0.1) is 4.92 Å². The second kappa shape index (κ2) is 6.16. The van der Waals surface area contributed by atoms with Crippen molar-refractivity contribution in [1.29, 1.82) is 0 Å². The van der Waals surface area contributed by atoms with Crippen LogP contribution in [0.15, 0.2) is 47.5 Å². The molecule has 0 amide bonds. The number of hydrogen-bond donors (Lipinski definition) is 1. The lowest BCUT2D eigenvalue weighted by Gasteiger charge is -2.02. The van der Waals surface area contributed by atoms with E-state index in [1.807, 2.05) is 0 Å². The van der Waals surface area contributed by atoms with Gasteiger partial charge in [0.1, 0.15) is 5.69 Å². The predicted octanol–water partition coefficient (Wildman–Crippen LogP) is 2.98. The highest BCUT2D eigenvalue weighted by atomic mass is 32.2. The van der Waals surface area contributed by atoms with E-state index in [2.05, 4.69) is 4.98 Å². The van der Waals surface area contributed by atoms with E-state index in [0.717, 1.165) is 10.5 Å². The van der Waals surface area contributed by atoms with Crippen LogP contribution in [0.4, 0.5) is 5.69 Å². The highest BCUT2D eigenvalue weighted by Crippen LogP contribution is 2.24. The number of rotatable bonds is 5. The quantitative estimate of drug-likeness (QED) is 0.517. The van der Waals surface area contributed by atoms with Gasteiger partial charge in [-0.2, -0.15) is 0 Å². The zero-order valence-corrected chi connectivity index (χ0v) is 11.0. The highest BCUT2D eigenvalue weighted by molar-refractivity contribution is 7.98. The monoisotopic (exact) mass is 290 g/mol. The standard InChI is InChI=1S/C13H10N2O4S/c16-13(17)12-7-11(5-6-14-12)20-8-9-1-3-10(4-2-9)15(18)19/h1-7H,8H2,(H,16,17). The van der Waals surface area contributed by atoms with Crippen molar-refractivity contribution in [2.45, 2.75) is 10.6 Å². The fraction of sp³-hybridized carbons (Fsp3) is 0.0769. The van der Waals surface area contributed by atoms with E-state index >= 15 is 0 Å². The van der Waals surface area contributed by atoms with Crippen LogP contribution in [0, 0.1) is 10.1 Å². The molecule has 0 atom stereocenters. The van der Waals surface area contributed by atoms with Crippen molar-refractivity contribution in [1.82, 2.24) is 4.98 Å². The van der Waals surface area contributed by atoms with Gasteiger partial charge < -0.3 is 5.11 Å². The number of nitro groups is 1. The average Bonchev–Trinajstić information content (AvgIpc) is 2.46. The Morgan fingerprint density at radius 3 is 2.60 bits per heavy atom. The van der Waals surface area contributed by atoms with Crippen LogP contribution in [-0.2, 0) is 5.75 Å². The van der Waals surface area contributed by atoms with Crippen LogP contribution in [-0.4, -0.2) is 21.0 Å². The lowest BCUT2D eigenvalue weighted by molar-refractivity contribution is -0.384. The maximum atomic E-state index is 10.8. The zero-order chi connectivity index (χ0) is 14.5. The van der Waals surface area contributed by atoms with Gasteiger partial charge in [-0.1, -0.05) is 12.1 Å². The number of carboxylic acids is 1. The number of non-ortho nitro benzene ring substituents is 1. The normalized spacial score (nSPS) is 10.2. The number of benzene rings is 1. The van der Waals surface area contributed by atoms with Crippen molar-refractivity contribution in [3.63, 3.8) is 0 Å². The van der Waals surface area contributed by atoms with Gasteiger partial charge in [-0.05, 0) is 17.7 Å². The lowest BCUT2D eigenvalue weighted by Crippen LogP contribution is -1.99. The summed E-state index contributed by atoms with van der Waals surface area (Å²) < 4.78 is 0. The summed E-state index contributed by atoms with van der Waals surface area (Å²) in [5.41, 5.74) is 0.976. The Morgan fingerprint density at radius 2 is 2.00 bits per heavy atom. The van der Waals surface area contributed by atoms with Crippen molar-refractivity contribution in [2.24, 2.45) is 0 Å². The molecule has 102 valence electrons. The third kappa shape index (κ3) is 3.55. The van der Waals surface area contributed by atoms with E-state index in [9.17, 15) is 14.9 Å². The second-order valence-corrected chi connectivity index (χ2v) is 4.94. The van der Waals surface area contributed by atoms with Crippen LogP contribution < -0.4 is 0 Å². The average molecular weight is 290 g/mol. The van der Waals surface area contributed by atoms with E-state index in [1.165, 1.54) is 36.2 Å². The lowest BCUT2D eigenvalue weighted by atomic mass is 10.2. The van der Waals surface area contributed by atoms with Gasteiger partial charge in [-0.25, -0.2) is 9.78 Å². The third-order valence-electron chi connectivity index (χ3n) is 2.50. The number of hydrogen-bond acceptors (Lipinski definition) is 5. The maximum Gasteiger partial charge on any atom is 0.354 e. The number of thioether (sulfide) groups is 1. The number of aromatic nitrogens is 1. The Bertz CT molecular complexity index is 643. The summed E-state index contributed by atoms with van der Waals surface area (Å²) in [5, 5.41) is 19.4. The highest BCUT2D eigenvalue weighted by Gasteiger charge is 2.07. The van der Waals surface area contributed by atoms with Gasteiger partial charge in [0, 0.05) is 29.0 Å². The molecular formula is C13H10N2O4S. The molecule has 0 fully saturated rings. The summed E-state index contributed by atoms with van der Waals surface area (Å²) in [6.45, 7) is 0. The fourth-order valence-corrected chi connectivity index (χ4v) is 2.38. The number of pyridine rings is 1. The van der Waals surface area contributed by atoms with Gasteiger partial charge >= 0.3 is 5.97 Å². The summed E-state index contributed by atoms with van der Waals surface area (Å²) in [6, 6.07) is 9.49. The van der Waals surface area contributed by atoms with Gasteiger partial charge in [0.25, 0.3) is 5.69 Å². The Hall–Kier alpha value is -2.41. The summed E-state index contributed by atoms with van der Waals surface area (Å²) in [4.78, 5) is 25.4. The molecule has 0 aliphatic rings. The number of carbonyl (C=O) groups is 1. The molecular weight excluding hydrogens is 280 g/mol. The first kappa shape index (κ1) is 14.0. The first-order chi connectivity index (χ1) is 9.56. The van der Waals surface area contributed by atoms with Crippen LogP contribution in [0.1, 0.15) is 16.1 Å². The zero-order valence-electron chi connectivity index (χ0n) is 10.2. The minimum Gasteiger partial charge on any atom is -0.477 e.